The summed E-state index contributed by atoms with van der Waals surface area (Å²) in [6.07, 6.45) is -6.46. The Morgan fingerprint density at radius 1 is 0.765 bits per heavy atom. The highest BCUT2D eigenvalue weighted by Gasteiger charge is 2.75. The van der Waals surface area contributed by atoms with Crippen LogP contribution in [0.25, 0.3) is 11.1 Å². The Morgan fingerprint density at radius 2 is 1.29 bits per heavy atom. The highest BCUT2D eigenvalue weighted by molar-refractivity contribution is 5.74. The molecule has 0 fully saturated rings. The lowest BCUT2D eigenvalue weighted by Crippen LogP contribution is -2.59. The van der Waals surface area contributed by atoms with Crippen molar-refractivity contribution in [3.05, 3.63) is 54.6 Å². The number of rotatable bonds is 11. The Labute approximate surface area is 188 Å². The largest absolute Gasteiger partial charge is 0.459 e. The molecule has 0 radical (unpaired) electrons. The average molecular weight is 498 g/mol. The molecule has 2 aromatic rings. The van der Waals surface area contributed by atoms with Crippen LogP contribution in [-0.2, 0) is 14.3 Å². The molecule has 2 aromatic carbocycles. The molecule has 0 spiro atoms. The van der Waals surface area contributed by atoms with Crippen molar-refractivity contribution in [3.63, 3.8) is 0 Å². The van der Waals surface area contributed by atoms with Crippen molar-refractivity contribution in [2.75, 3.05) is 6.61 Å². The Balaban J connectivity index is 1.78. The van der Waals surface area contributed by atoms with E-state index in [0.29, 0.717) is 0 Å². The van der Waals surface area contributed by atoms with E-state index in [1.807, 2.05) is 30.3 Å². The third-order valence-electron chi connectivity index (χ3n) is 4.52. The monoisotopic (exact) mass is 498 g/mol. The van der Waals surface area contributed by atoms with Crippen molar-refractivity contribution >= 4 is 11.9 Å². The third kappa shape index (κ3) is 6.45. The summed E-state index contributed by atoms with van der Waals surface area (Å²) in [4.78, 5) is 23.2. The lowest BCUT2D eigenvalue weighted by Gasteiger charge is -2.31. The molecule has 0 atom stereocenters. The number of hydrogen-bond acceptors (Lipinski definition) is 4. The van der Waals surface area contributed by atoms with Crippen LogP contribution >= 0.6 is 0 Å². The zero-order chi connectivity index (χ0) is 25.6. The first-order chi connectivity index (χ1) is 15.8. The van der Waals surface area contributed by atoms with Gasteiger partial charge in [-0.05, 0) is 29.7 Å². The lowest BCUT2D eigenvalue weighted by atomic mass is 10.1. The van der Waals surface area contributed by atoms with Crippen LogP contribution in [0.15, 0.2) is 54.6 Å². The normalized spacial score (nSPS) is 12.5. The molecule has 0 aliphatic carbocycles. The van der Waals surface area contributed by atoms with E-state index in [2.05, 4.69) is 4.74 Å². The van der Waals surface area contributed by atoms with Gasteiger partial charge in [-0.25, -0.2) is 8.78 Å². The minimum atomic E-state index is -6.46. The number of benzene rings is 2. The van der Waals surface area contributed by atoms with Gasteiger partial charge in [0.25, 0.3) is 0 Å². The summed E-state index contributed by atoms with van der Waals surface area (Å²) < 4.78 is 111. The van der Waals surface area contributed by atoms with Crippen LogP contribution in [0.4, 0.5) is 35.1 Å². The molecule has 0 amide bonds. The zero-order valence-corrected chi connectivity index (χ0v) is 17.3. The van der Waals surface area contributed by atoms with Crippen LogP contribution in [0.3, 0.4) is 0 Å². The van der Waals surface area contributed by atoms with Gasteiger partial charge >= 0.3 is 36.1 Å². The van der Waals surface area contributed by atoms with Crippen LogP contribution < -0.4 is 4.74 Å². The number of alkyl halides is 8. The number of hydrogen-bond donors (Lipinski definition) is 0. The highest BCUT2D eigenvalue weighted by Crippen LogP contribution is 2.48. The van der Waals surface area contributed by atoms with E-state index in [9.17, 15) is 44.7 Å². The van der Waals surface area contributed by atoms with Crippen LogP contribution in [0, 0.1) is 0 Å². The van der Waals surface area contributed by atoms with E-state index < -0.39 is 49.2 Å². The third-order valence-corrected chi connectivity index (χ3v) is 4.52. The molecule has 0 N–H and O–H groups in total. The summed E-state index contributed by atoms with van der Waals surface area (Å²) in [5.74, 6) is -20.7. The van der Waals surface area contributed by atoms with Gasteiger partial charge in [0.05, 0.1) is 0 Å². The molecule has 2 rings (SSSR count). The fourth-order valence-electron chi connectivity index (χ4n) is 2.62. The maximum absolute atomic E-state index is 13.3. The molecule has 0 aliphatic rings. The van der Waals surface area contributed by atoms with Crippen LogP contribution in [0.1, 0.15) is 19.3 Å². The second kappa shape index (κ2) is 10.8. The number of carbonyl (C=O) groups excluding carboxylic acids is 2. The second-order valence-corrected chi connectivity index (χ2v) is 7.08. The fourth-order valence-corrected chi connectivity index (χ4v) is 2.62. The summed E-state index contributed by atoms with van der Waals surface area (Å²) in [5, 5.41) is 0. The molecule has 0 aliphatic heterocycles. The predicted molar refractivity (Wildman–Crippen MR) is 103 cm³/mol. The number of ether oxygens (including phenoxy) is 2. The first-order valence-electron chi connectivity index (χ1n) is 9.71. The summed E-state index contributed by atoms with van der Waals surface area (Å²) >= 11 is 0. The summed E-state index contributed by atoms with van der Waals surface area (Å²) in [5.41, 5.74) is 1.79. The highest BCUT2D eigenvalue weighted by atomic mass is 19.4. The smallest absolute Gasteiger partial charge is 0.381 e. The SMILES string of the molecule is O=C(CCCC(=O)Oc1ccc(-c2ccccc2)cc1)OCC(F)(F)C(F)(F)C(F)(F)C(F)F. The first kappa shape index (κ1) is 27.1. The number of esters is 2. The Hall–Kier alpha value is -3.18. The predicted octanol–water partition coefficient (Wildman–Crippen LogP) is 6.14. The molecule has 0 aromatic heterocycles. The van der Waals surface area contributed by atoms with E-state index in [-0.39, 0.29) is 18.6 Å². The first-order valence-corrected chi connectivity index (χ1v) is 9.71. The molecule has 4 nitrogen and oxygen atoms in total. The van der Waals surface area contributed by atoms with Crippen molar-refractivity contribution in [3.8, 4) is 16.9 Å². The van der Waals surface area contributed by atoms with Crippen molar-refractivity contribution in [1.82, 2.24) is 0 Å². The molecule has 0 unspecified atom stereocenters. The molecule has 0 saturated heterocycles. The minimum absolute atomic E-state index is 0.189. The van der Waals surface area contributed by atoms with Crippen molar-refractivity contribution in [2.45, 2.75) is 43.5 Å². The Kier molecular flexibility index (Phi) is 8.62. The summed E-state index contributed by atoms with van der Waals surface area (Å²) in [6.45, 7) is -2.54. The van der Waals surface area contributed by atoms with Gasteiger partial charge in [-0.15, -0.1) is 0 Å². The fraction of sp³-hybridized carbons (Fsp3) is 0.364. The van der Waals surface area contributed by atoms with Crippen LogP contribution in [-0.4, -0.2) is 42.7 Å². The van der Waals surface area contributed by atoms with Crippen LogP contribution in [0.5, 0.6) is 5.75 Å². The Morgan fingerprint density at radius 3 is 1.85 bits per heavy atom. The van der Waals surface area contributed by atoms with Gasteiger partial charge in [0, 0.05) is 12.8 Å². The summed E-state index contributed by atoms with van der Waals surface area (Å²) in [7, 11) is 0. The molecular weight excluding hydrogens is 480 g/mol. The number of halogens is 8. The number of carbonyl (C=O) groups is 2. The zero-order valence-electron chi connectivity index (χ0n) is 17.3. The van der Waals surface area contributed by atoms with Gasteiger partial charge in [-0.3, -0.25) is 9.59 Å². The standard InChI is InChI=1S/C22H18F8O4/c23-19(24)21(27,28)22(29,30)20(25,26)13-33-17(31)7-4-8-18(32)34-16-11-9-15(10-12-16)14-5-2-1-3-6-14/h1-3,5-6,9-12,19H,4,7-8,13H2. The second-order valence-electron chi connectivity index (χ2n) is 7.08. The van der Waals surface area contributed by atoms with Gasteiger partial charge in [-0.2, -0.15) is 26.3 Å². The van der Waals surface area contributed by atoms with Crippen molar-refractivity contribution in [1.29, 1.82) is 0 Å². The molecule has 34 heavy (non-hydrogen) atoms. The van der Waals surface area contributed by atoms with E-state index in [4.69, 9.17) is 4.74 Å². The van der Waals surface area contributed by atoms with Crippen molar-refractivity contribution < 1.29 is 54.2 Å². The maximum Gasteiger partial charge on any atom is 0.381 e. The van der Waals surface area contributed by atoms with Gasteiger partial charge in [-0.1, -0.05) is 42.5 Å². The van der Waals surface area contributed by atoms with Gasteiger partial charge in [0.15, 0.2) is 6.61 Å². The average Bonchev–Trinajstić information content (AvgIpc) is 2.78. The molecule has 0 bridgehead atoms. The van der Waals surface area contributed by atoms with E-state index in [0.717, 1.165) is 11.1 Å². The van der Waals surface area contributed by atoms with Crippen LogP contribution in [0.2, 0.25) is 0 Å². The molecule has 0 heterocycles. The molecule has 12 heteroatoms. The molecule has 186 valence electrons. The van der Waals surface area contributed by atoms with Gasteiger partial charge in [0.2, 0.25) is 0 Å². The maximum atomic E-state index is 13.3. The Bertz CT molecular complexity index is 963. The van der Waals surface area contributed by atoms with Gasteiger partial charge < -0.3 is 9.47 Å². The minimum Gasteiger partial charge on any atom is -0.459 e. The van der Waals surface area contributed by atoms with Gasteiger partial charge in [0.1, 0.15) is 5.75 Å². The molecular formula is C22H18F8O4. The van der Waals surface area contributed by atoms with E-state index in [1.165, 1.54) is 12.1 Å². The van der Waals surface area contributed by atoms with E-state index in [1.54, 1.807) is 12.1 Å². The van der Waals surface area contributed by atoms with Crippen molar-refractivity contribution in [2.24, 2.45) is 0 Å². The lowest BCUT2D eigenvalue weighted by molar-refractivity contribution is -0.344. The summed E-state index contributed by atoms with van der Waals surface area (Å²) in [6, 6.07) is 15.7. The topological polar surface area (TPSA) is 52.6 Å². The van der Waals surface area contributed by atoms with E-state index >= 15 is 0 Å². The quantitative estimate of drug-likeness (QED) is 0.212. The molecule has 0 saturated carbocycles.